The van der Waals surface area contributed by atoms with Gasteiger partial charge in [0.25, 0.3) is 0 Å². The van der Waals surface area contributed by atoms with Gasteiger partial charge < -0.3 is 10.5 Å². The second kappa shape index (κ2) is 5.68. The van der Waals surface area contributed by atoms with E-state index < -0.39 is 11.7 Å². The standard InChI is InChI=1S/C16H16F3NO/c1-10(2)21-15-6-4-3-5-13(15)12-8-7-11(9-14(12)20)16(17,18)19/h3-10H,20H2,1-2H3. The first-order chi connectivity index (χ1) is 9.79. The molecular weight excluding hydrogens is 279 g/mol. The van der Waals surface area contributed by atoms with E-state index in [1.807, 2.05) is 19.9 Å². The SMILES string of the molecule is CC(C)Oc1ccccc1-c1ccc(C(F)(F)F)cc1N. The van der Waals surface area contributed by atoms with Crippen LogP contribution in [-0.2, 0) is 6.18 Å². The third-order valence-electron chi connectivity index (χ3n) is 2.92. The summed E-state index contributed by atoms with van der Waals surface area (Å²) < 4.78 is 43.7. The molecule has 5 heteroatoms. The molecular formula is C16H16F3NO. The number of hydrogen-bond acceptors (Lipinski definition) is 2. The smallest absolute Gasteiger partial charge is 0.416 e. The van der Waals surface area contributed by atoms with E-state index in [2.05, 4.69) is 0 Å². The van der Waals surface area contributed by atoms with Gasteiger partial charge in [-0.25, -0.2) is 0 Å². The van der Waals surface area contributed by atoms with E-state index in [0.717, 1.165) is 12.1 Å². The predicted molar refractivity (Wildman–Crippen MR) is 77.1 cm³/mol. The van der Waals surface area contributed by atoms with Crippen LogP contribution < -0.4 is 10.5 Å². The number of nitrogen functional groups attached to an aromatic ring is 1. The Balaban J connectivity index is 2.48. The number of hydrogen-bond donors (Lipinski definition) is 1. The van der Waals surface area contributed by atoms with E-state index in [0.29, 0.717) is 16.9 Å². The van der Waals surface area contributed by atoms with E-state index in [1.165, 1.54) is 6.07 Å². The lowest BCUT2D eigenvalue weighted by molar-refractivity contribution is -0.137. The minimum Gasteiger partial charge on any atom is -0.490 e. The Hall–Kier alpha value is -2.17. The third-order valence-corrected chi connectivity index (χ3v) is 2.92. The average molecular weight is 295 g/mol. The van der Waals surface area contributed by atoms with Crippen LogP contribution in [0.4, 0.5) is 18.9 Å². The molecule has 0 aliphatic rings. The number of rotatable bonds is 3. The van der Waals surface area contributed by atoms with Gasteiger partial charge in [0.1, 0.15) is 5.75 Å². The molecule has 0 unspecified atom stereocenters. The first-order valence-electron chi connectivity index (χ1n) is 6.52. The molecule has 112 valence electrons. The molecule has 2 aromatic carbocycles. The van der Waals surface area contributed by atoms with Crippen LogP contribution in [0.5, 0.6) is 5.75 Å². The predicted octanol–water partition coefficient (Wildman–Crippen LogP) is 4.74. The van der Waals surface area contributed by atoms with Crippen molar-refractivity contribution in [2.24, 2.45) is 0 Å². The highest BCUT2D eigenvalue weighted by molar-refractivity contribution is 5.80. The van der Waals surface area contributed by atoms with Crippen molar-refractivity contribution in [3.63, 3.8) is 0 Å². The van der Waals surface area contributed by atoms with Crippen molar-refractivity contribution in [2.75, 3.05) is 5.73 Å². The second-order valence-corrected chi connectivity index (χ2v) is 4.96. The molecule has 0 saturated carbocycles. The lowest BCUT2D eigenvalue weighted by Crippen LogP contribution is -2.08. The summed E-state index contributed by atoms with van der Waals surface area (Å²) in [6.07, 6.45) is -4.44. The summed E-state index contributed by atoms with van der Waals surface area (Å²) >= 11 is 0. The maximum Gasteiger partial charge on any atom is 0.416 e. The van der Waals surface area contributed by atoms with Gasteiger partial charge >= 0.3 is 6.18 Å². The maximum absolute atomic E-state index is 12.7. The Morgan fingerprint density at radius 3 is 2.24 bits per heavy atom. The zero-order chi connectivity index (χ0) is 15.6. The highest BCUT2D eigenvalue weighted by atomic mass is 19.4. The minimum absolute atomic E-state index is 0.0400. The van der Waals surface area contributed by atoms with Gasteiger partial charge in [0.2, 0.25) is 0 Å². The van der Waals surface area contributed by atoms with Crippen LogP contribution >= 0.6 is 0 Å². The lowest BCUT2D eigenvalue weighted by Gasteiger charge is -2.16. The van der Waals surface area contributed by atoms with Crippen LogP contribution in [0.15, 0.2) is 42.5 Å². The number of benzene rings is 2. The number of alkyl halides is 3. The first-order valence-corrected chi connectivity index (χ1v) is 6.52. The number of anilines is 1. The van der Waals surface area contributed by atoms with Gasteiger partial charge in [-0.05, 0) is 32.0 Å². The van der Waals surface area contributed by atoms with Crippen LogP contribution in [0, 0.1) is 0 Å². The molecule has 21 heavy (non-hydrogen) atoms. The molecule has 0 aliphatic carbocycles. The van der Waals surface area contributed by atoms with E-state index in [4.69, 9.17) is 10.5 Å². The third kappa shape index (κ3) is 3.48. The fourth-order valence-corrected chi connectivity index (χ4v) is 2.03. The number of nitrogens with two attached hydrogens (primary N) is 1. The molecule has 0 aromatic heterocycles. The van der Waals surface area contributed by atoms with E-state index in [1.54, 1.807) is 18.2 Å². The fourth-order valence-electron chi connectivity index (χ4n) is 2.03. The Labute approximate surface area is 121 Å². The molecule has 0 radical (unpaired) electrons. The normalized spacial score (nSPS) is 11.7. The Bertz CT molecular complexity index is 636. The molecule has 2 N–H and O–H groups in total. The van der Waals surface area contributed by atoms with Gasteiger partial charge in [0, 0.05) is 16.8 Å². The zero-order valence-electron chi connectivity index (χ0n) is 11.7. The molecule has 0 bridgehead atoms. The van der Waals surface area contributed by atoms with E-state index in [9.17, 15) is 13.2 Å². The first kappa shape index (κ1) is 15.2. The monoisotopic (exact) mass is 295 g/mol. The topological polar surface area (TPSA) is 35.2 Å². The summed E-state index contributed by atoms with van der Waals surface area (Å²) in [6.45, 7) is 3.76. The van der Waals surface area contributed by atoms with E-state index in [-0.39, 0.29) is 11.8 Å². The summed E-state index contributed by atoms with van der Waals surface area (Å²) in [7, 11) is 0. The van der Waals surface area contributed by atoms with Crippen LogP contribution in [0.2, 0.25) is 0 Å². The largest absolute Gasteiger partial charge is 0.490 e. The molecule has 0 atom stereocenters. The van der Waals surface area contributed by atoms with Crippen molar-refractivity contribution in [2.45, 2.75) is 26.1 Å². The quantitative estimate of drug-likeness (QED) is 0.830. The molecule has 0 fully saturated rings. The van der Waals surface area contributed by atoms with Gasteiger partial charge in [-0.1, -0.05) is 24.3 Å². The fraction of sp³-hybridized carbons (Fsp3) is 0.250. The molecule has 0 heterocycles. The number of halogens is 3. The van der Waals surface area contributed by atoms with Crippen molar-refractivity contribution in [1.29, 1.82) is 0 Å². The van der Waals surface area contributed by atoms with Crippen LogP contribution in [0.1, 0.15) is 19.4 Å². The summed E-state index contributed by atoms with van der Waals surface area (Å²) in [5.74, 6) is 0.596. The molecule has 0 amide bonds. The molecule has 0 saturated heterocycles. The highest BCUT2D eigenvalue weighted by Crippen LogP contribution is 2.38. The second-order valence-electron chi connectivity index (χ2n) is 4.96. The van der Waals surface area contributed by atoms with Gasteiger partial charge in [0.05, 0.1) is 11.7 Å². The molecule has 2 aromatic rings. The number of ether oxygens (including phenoxy) is 1. The lowest BCUT2D eigenvalue weighted by atomic mass is 10.0. The Morgan fingerprint density at radius 1 is 1.00 bits per heavy atom. The van der Waals surface area contributed by atoms with Crippen LogP contribution in [0.25, 0.3) is 11.1 Å². The van der Waals surface area contributed by atoms with Crippen molar-refractivity contribution < 1.29 is 17.9 Å². The summed E-state index contributed by atoms with van der Waals surface area (Å²) in [6, 6.07) is 10.5. The van der Waals surface area contributed by atoms with E-state index >= 15 is 0 Å². The minimum atomic E-state index is -4.40. The van der Waals surface area contributed by atoms with Gasteiger partial charge in [-0.2, -0.15) is 13.2 Å². The summed E-state index contributed by atoms with van der Waals surface area (Å²) in [5, 5.41) is 0. The van der Waals surface area contributed by atoms with Gasteiger partial charge in [-0.3, -0.25) is 0 Å². The van der Waals surface area contributed by atoms with Crippen LogP contribution in [0.3, 0.4) is 0 Å². The van der Waals surface area contributed by atoms with Crippen molar-refractivity contribution in [3.8, 4) is 16.9 Å². The van der Waals surface area contributed by atoms with Crippen molar-refractivity contribution >= 4 is 5.69 Å². The highest BCUT2D eigenvalue weighted by Gasteiger charge is 2.31. The molecule has 2 nitrogen and oxygen atoms in total. The zero-order valence-corrected chi connectivity index (χ0v) is 11.7. The molecule has 0 spiro atoms. The summed E-state index contributed by atoms with van der Waals surface area (Å²) in [4.78, 5) is 0. The molecule has 2 rings (SSSR count). The average Bonchev–Trinajstić information content (AvgIpc) is 2.38. The Kier molecular flexibility index (Phi) is 4.11. The van der Waals surface area contributed by atoms with Gasteiger partial charge in [-0.15, -0.1) is 0 Å². The molecule has 0 aliphatic heterocycles. The van der Waals surface area contributed by atoms with Crippen molar-refractivity contribution in [1.82, 2.24) is 0 Å². The Morgan fingerprint density at radius 2 is 1.67 bits per heavy atom. The maximum atomic E-state index is 12.7. The number of para-hydroxylation sites is 1. The van der Waals surface area contributed by atoms with Crippen molar-refractivity contribution in [3.05, 3.63) is 48.0 Å². The summed E-state index contributed by atoms with van der Waals surface area (Å²) in [5.41, 5.74) is 6.31. The van der Waals surface area contributed by atoms with Gasteiger partial charge in [0.15, 0.2) is 0 Å². The van der Waals surface area contributed by atoms with Crippen LogP contribution in [-0.4, -0.2) is 6.10 Å².